The zero-order valence-corrected chi connectivity index (χ0v) is 18.8. The molecule has 4 rings (SSSR count). The molecule has 170 valence electrons. The molecule has 0 saturated heterocycles. The Hall–Kier alpha value is -3.85. The van der Waals surface area contributed by atoms with E-state index in [0.717, 1.165) is 9.87 Å². The van der Waals surface area contributed by atoms with Crippen LogP contribution in [-0.4, -0.2) is 39.8 Å². The van der Waals surface area contributed by atoms with E-state index in [1.54, 1.807) is 67.6 Å². The Balaban J connectivity index is 1.53. The van der Waals surface area contributed by atoms with Gasteiger partial charge in [0.05, 0.1) is 16.3 Å². The molecule has 0 aliphatic carbocycles. The second-order valence-corrected chi connectivity index (χ2v) is 9.11. The van der Waals surface area contributed by atoms with Gasteiger partial charge < -0.3 is 9.47 Å². The van der Waals surface area contributed by atoms with Gasteiger partial charge in [-0.05, 0) is 49.4 Å². The van der Waals surface area contributed by atoms with Crippen LogP contribution in [0.5, 0.6) is 11.5 Å². The number of hydrazone groups is 1. The van der Waals surface area contributed by atoms with Gasteiger partial charge >= 0.3 is 0 Å². The molecule has 1 heterocycles. The van der Waals surface area contributed by atoms with Crippen LogP contribution in [0.25, 0.3) is 0 Å². The Morgan fingerprint density at radius 2 is 1.58 bits per heavy atom. The van der Waals surface area contributed by atoms with Gasteiger partial charge in [0.15, 0.2) is 11.5 Å². The normalized spacial score (nSPS) is 13.3. The molecule has 0 spiro atoms. The predicted octanol–water partition coefficient (Wildman–Crippen LogP) is 3.19. The molecule has 0 radical (unpaired) electrons. The van der Waals surface area contributed by atoms with E-state index < -0.39 is 22.5 Å². The van der Waals surface area contributed by atoms with Crippen molar-refractivity contribution in [2.24, 2.45) is 5.10 Å². The fraction of sp³-hybridized carbons (Fsp3) is 0.167. The predicted molar refractivity (Wildman–Crippen MR) is 125 cm³/mol. The molecule has 1 N–H and O–H groups in total. The largest absolute Gasteiger partial charge is 0.486 e. The molecule has 0 aromatic heterocycles. The van der Waals surface area contributed by atoms with Crippen molar-refractivity contribution in [3.8, 4) is 11.5 Å². The molecule has 8 nitrogen and oxygen atoms in total. The first-order valence-electron chi connectivity index (χ1n) is 10.3. The van der Waals surface area contributed by atoms with Crippen molar-refractivity contribution in [3.63, 3.8) is 0 Å². The van der Waals surface area contributed by atoms with Crippen LogP contribution in [0, 0.1) is 0 Å². The third kappa shape index (κ3) is 5.15. The molecule has 0 unspecified atom stereocenters. The van der Waals surface area contributed by atoms with Crippen molar-refractivity contribution in [3.05, 3.63) is 84.4 Å². The standard InChI is InChI=1S/C24H23N3O5S/c1-18(19-12-13-22-23(16-19)32-15-14-31-22)25-26-24(28)17-27(20-8-4-2-5-9-20)33(29,30)21-10-6-3-7-11-21/h2-13,16H,14-15,17H2,1H3,(H,26,28)/b25-18-. The second-order valence-electron chi connectivity index (χ2n) is 7.25. The number of benzene rings is 3. The van der Waals surface area contributed by atoms with Crippen molar-refractivity contribution in [2.75, 3.05) is 24.1 Å². The van der Waals surface area contributed by atoms with E-state index in [4.69, 9.17) is 9.47 Å². The number of nitrogens with one attached hydrogen (secondary N) is 1. The van der Waals surface area contributed by atoms with Crippen molar-refractivity contribution in [2.45, 2.75) is 11.8 Å². The number of carbonyl (C=O) groups excluding carboxylic acids is 1. The molecule has 1 aliphatic heterocycles. The lowest BCUT2D eigenvalue weighted by Crippen LogP contribution is -2.39. The van der Waals surface area contributed by atoms with Crippen LogP contribution >= 0.6 is 0 Å². The van der Waals surface area contributed by atoms with Crippen LogP contribution < -0.4 is 19.2 Å². The SMILES string of the molecule is C/C(=N/NC(=O)CN(c1ccccc1)S(=O)(=O)c1ccccc1)c1ccc2c(c1)OCCO2. The van der Waals surface area contributed by atoms with Crippen LogP contribution in [0.2, 0.25) is 0 Å². The third-order valence-electron chi connectivity index (χ3n) is 4.97. The average molecular weight is 466 g/mol. The highest BCUT2D eigenvalue weighted by atomic mass is 32.2. The minimum absolute atomic E-state index is 0.0950. The van der Waals surface area contributed by atoms with Gasteiger partial charge in [-0.3, -0.25) is 9.10 Å². The lowest BCUT2D eigenvalue weighted by atomic mass is 10.1. The van der Waals surface area contributed by atoms with Gasteiger partial charge in [-0.2, -0.15) is 5.10 Å². The highest BCUT2D eigenvalue weighted by Gasteiger charge is 2.27. The Labute approximate surface area is 192 Å². The van der Waals surface area contributed by atoms with Crippen LogP contribution in [0.15, 0.2) is 88.9 Å². The number of amides is 1. The average Bonchev–Trinajstić information content (AvgIpc) is 2.86. The monoisotopic (exact) mass is 465 g/mol. The number of nitrogens with zero attached hydrogens (tertiary/aromatic N) is 2. The first kappa shape index (κ1) is 22.3. The van der Waals surface area contributed by atoms with Gasteiger partial charge in [0.1, 0.15) is 19.8 Å². The molecule has 0 saturated carbocycles. The van der Waals surface area contributed by atoms with E-state index in [1.807, 2.05) is 6.07 Å². The van der Waals surface area contributed by atoms with E-state index in [9.17, 15) is 13.2 Å². The first-order chi connectivity index (χ1) is 15.9. The minimum atomic E-state index is -3.96. The Kier molecular flexibility index (Phi) is 6.60. The zero-order chi connectivity index (χ0) is 23.3. The summed E-state index contributed by atoms with van der Waals surface area (Å²) in [6, 6.07) is 21.9. The molecule has 0 bridgehead atoms. The number of anilines is 1. The molecule has 1 amide bonds. The van der Waals surface area contributed by atoms with Gasteiger partial charge in [-0.15, -0.1) is 0 Å². The summed E-state index contributed by atoms with van der Waals surface area (Å²) in [5, 5.41) is 4.14. The molecule has 1 aliphatic rings. The summed E-state index contributed by atoms with van der Waals surface area (Å²) in [6.45, 7) is 2.27. The van der Waals surface area contributed by atoms with Gasteiger partial charge in [0.25, 0.3) is 15.9 Å². The summed E-state index contributed by atoms with van der Waals surface area (Å²) in [5.74, 6) is 0.700. The summed E-state index contributed by atoms with van der Waals surface area (Å²) in [4.78, 5) is 12.8. The van der Waals surface area contributed by atoms with Crippen LogP contribution in [0.4, 0.5) is 5.69 Å². The Morgan fingerprint density at radius 1 is 0.939 bits per heavy atom. The molecule has 0 atom stereocenters. The lowest BCUT2D eigenvalue weighted by molar-refractivity contribution is -0.119. The number of fused-ring (bicyclic) bond motifs is 1. The third-order valence-corrected chi connectivity index (χ3v) is 6.76. The van der Waals surface area contributed by atoms with Gasteiger partial charge in [-0.1, -0.05) is 36.4 Å². The lowest BCUT2D eigenvalue weighted by Gasteiger charge is -2.23. The van der Waals surface area contributed by atoms with Crippen LogP contribution in [0.3, 0.4) is 0 Å². The molecular weight excluding hydrogens is 442 g/mol. The highest BCUT2D eigenvalue weighted by molar-refractivity contribution is 7.92. The van der Waals surface area contributed by atoms with E-state index >= 15 is 0 Å². The smallest absolute Gasteiger partial charge is 0.264 e. The topological polar surface area (TPSA) is 97.3 Å². The van der Waals surface area contributed by atoms with Crippen LogP contribution in [0.1, 0.15) is 12.5 Å². The minimum Gasteiger partial charge on any atom is -0.486 e. The van der Waals surface area contributed by atoms with Crippen molar-refractivity contribution >= 4 is 27.3 Å². The maximum atomic E-state index is 13.2. The molecule has 0 fully saturated rings. The fourth-order valence-electron chi connectivity index (χ4n) is 3.27. The maximum absolute atomic E-state index is 13.2. The summed E-state index contributed by atoms with van der Waals surface area (Å²) in [6.07, 6.45) is 0. The van der Waals surface area contributed by atoms with E-state index in [2.05, 4.69) is 10.5 Å². The molecule has 9 heteroatoms. The number of carbonyl (C=O) groups is 1. The fourth-order valence-corrected chi connectivity index (χ4v) is 4.72. The van der Waals surface area contributed by atoms with E-state index in [1.165, 1.54) is 12.1 Å². The summed E-state index contributed by atoms with van der Waals surface area (Å²) >= 11 is 0. The first-order valence-corrected chi connectivity index (χ1v) is 11.7. The Morgan fingerprint density at radius 3 is 2.27 bits per heavy atom. The maximum Gasteiger partial charge on any atom is 0.264 e. The number of hydrogen-bond acceptors (Lipinski definition) is 6. The van der Waals surface area contributed by atoms with Crippen molar-refractivity contribution < 1.29 is 22.7 Å². The number of sulfonamides is 1. The molecule has 3 aromatic rings. The molecular formula is C24H23N3O5S. The van der Waals surface area contributed by atoms with E-state index in [0.29, 0.717) is 36.1 Å². The van der Waals surface area contributed by atoms with E-state index in [-0.39, 0.29) is 4.90 Å². The zero-order valence-electron chi connectivity index (χ0n) is 18.0. The second kappa shape index (κ2) is 9.74. The molecule has 3 aromatic carbocycles. The van der Waals surface area contributed by atoms with Crippen LogP contribution in [-0.2, 0) is 14.8 Å². The van der Waals surface area contributed by atoms with Gasteiger partial charge in [0, 0.05) is 5.56 Å². The summed E-state index contributed by atoms with van der Waals surface area (Å²) in [7, 11) is -3.96. The number of ether oxygens (including phenoxy) is 2. The summed E-state index contributed by atoms with van der Waals surface area (Å²) in [5.41, 5.74) is 4.12. The van der Waals surface area contributed by atoms with Crippen molar-refractivity contribution in [1.82, 2.24) is 5.43 Å². The van der Waals surface area contributed by atoms with Gasteiger partial charge in [-0.25, -0.2) is 13.8 Å². The number of rotatable bonds is 7. The highest BCUT2D eigenvalue weighted by Crippen LogP contribution is 2.31. The number of hydrogen-bond donors (Lipinski definition) is 1. The summed E-state index contributed by atoms with van der Waals surface area (Å²) < 4.78 is 38.7. The number of para-hydroxylation sites is 1. The quantitative estimate of drug-likeness (QED) is 0.427. The van der Waals surface area contributed by atoms with Gasteiger partial charge in [0.2, 0.25) is 0 Å². The Bertz CT molecular complexity index is 1260. The molecule has 33 heavy (non-hydrogen) atoms. The van der Waals surface area contributed by atoms with Crippen molar-refractivity contribution in [1.29, 1.82) is 0 Å².